The normalized spacial score (nSPS) is 19.0. The number of aromatic amines is 1. The standard InChI is InChI=1S/C25H30N8O/c1-15-14-34-9-8-32(15)22-10-21(19-4-6-27-24-20(19)5-7-28-24)29-25(30-22)23-16(2)31-33(17(23)3)13-18-11-26-12-18/h4-7,10,15,18,26H,8-9,11-14H2,1-3H3,(H,27,28)/t15-/m1/s1. The largest absolute Gasteiger partial charge is 0.377 e. The summed E-state index contributed by atoms with van der Waals surface area (Å²) in [7, 11) is 0. The van der Waals surface area contributed by atoms with Crippen molar-refractivity contribution in [2.24, 2.45) is 5.92 Å². The summed E-state index contributed by atoms with van der Waals surface area (Å²) in [4.78, 5) is 20.2. The fourth-order valence-corrected chi connectivity index (χ4v) is 5.00. The summed E-state index contributed by atoms with van der Waals surface area (Å²) in [5.41, 5.74) is 5.89. The summed E-state index contributed by atoms with van der Waals surface area (Å²) in [5.74, 6) is 2.27. The lowest BCUT2D eigenvalue weighted by Gasteiger charge is -2.34. The highest BCUT2D eigenvalue weighted by Crippen LogP contribution is 2.33. The number of rotatable bonds is 5. The summed E-state index contributed by atoms with van der Waals surface area (Å²) < 4.78 is 7.81. The van der Waals surface area contributed by atoms with Crippen LogP contribution < -0.4 is 10.2 Å². The molecule has 6 heterocycles. The second-order valence-electron chi connectivity index (χ2n) is 9.40. The van der Waals surface area contributed by atoms with Gasteiger partial charge in [0.15, 0.2) is 5.82 Å². The Morgan fingerprint density at radius 2 is 2.06 bits per heavy atom. The van der Waals surface area contributed by atoms with Gasteiger partial charge in [-0.1, -0.05) is 0 Å². The van der Waals surface area contributed by atoms with E-state index in [0.717, 1.165) is 77.1 Å². The minimum Gasteiger partial charge on any atom is -0.377 e. The molecule has 34 heavy (non-hydrogen) atoms. The van der Waals surface area contributed by atoms with Gasteiger partial charge in [-0.2, -0.15) is 5.10 Å². The molecule has 0 saturated carbocycles. The predicted octanol–water partition coefficient (Wildman–Crippen LogP) is 2.94. The van der Waals surface area contributed by atoms with E-state index in [1.807, 2.05) is 18.5 Å². The zero-order valence-electron chi connectivity index (χ0n) is 19.9. The molecule has 0 spiro atoms. The van der Waals surface area contributed by atoms with Gasteiger partial charge in [-0.3, -0.25) is 4.68 Å². The van der Waals surface area contributed by atoms with Crippen LogP contribution in [0.5, 0.6) is 0 Å². The number of aromatic nitrogens is 6. The van der Waals surface area contributed by atoms with Crippen LogP contribution in [-0.2, 0) is 11.3 Å². The van der Waals surface area contributed by atoms with Crippen molar-refractivity contribution < 1.29 is 4.74 Å². The first-order valence-electron chi connectivity index (χ1n) is 12.0. The van der Waals surface area contributed by atoms with Gasteiger partial charge in [0, 0.05) is 67.2 Å². The van der Waals surface area contributed by atoms with Crippen molar-refractivity contribution in [2.45, 2.75) is 33.4 Å². The lowest BCUT2D eigenvalue weighted by molar-refractivity contribution is 0.0985. The highest BCUT2D eigenvalue weighted by Gasteiger charge is 2.26. The number of aryl methyl sites for hydroxylation is 1. The van der Waals surface area contributed by atoms with Gasteiger partial charge in [0.25, 0.3) is 0 Å². The van der Waals surface area contributed by atoms with E-state index in [9.17, 15) is 0 Å². The molecule has 176 valence electrons. The first-order chi connectivity index (χ1) is 16.6. The lowest BCUT2D eigenvalue weighted by atomic mass is 10.0. The molecule has 0 radical (unpaired) electrons. The number of nitrogens with one attached hydrogen (secondary N) is 2. The molecule has 0 aliphatic carbocycles. The molecular formula is C25H30N8O. The van der Waals surface area contributed by atoms with Gasteiger partial charge in [-0.15, -0.1) is 0 Å². The minimum absolute atomic E-state index is 0.241. The Morgan fingerprint density at radius 3 is 2.85 bits per heavy atom. The SMILES string of the molecule is Cc1nn(CC2CNC2)c(C)c1-c1nc(-c2ccnc3[nH]ccc23)cc(N2CCOC[C@H]2C)n1. The maximum atomic E-state index is 5.69. The van der Waals surface area contributed by atoms with Gasteiger partial charge >= 0.3 is 0 Å². The zero-order valence-corrected chi connectivity index (χ0v) is 19.9. The zero-order chi connectivity index (χ0) is 23.2. The summed E-state index contributed by atoms with van der Waals surface area (Å²) >= 11 is 0. The molecule has 0 unspecified atom stereocenters. The average Bonchev–Trinajstić information content (AvgIpc) is 3.40. The number of pyridine rings is 1. The highest BCUT2D eigenvalue weighted by atomic mass is 16.5. The molecule has 1 atom stereocenters. The van der Waals surface area contributed by atoms with Crippen LogP contribution in [0.1, 0.15) is 18.3 Å². The Hall–Kier alpha value is -3.30. The Morgan fingerprint density at radius 1 is 1.18 bits per heavy atom. The summed E-state index contributed by atoms with van der Waals surface area (Å²) in [6.07, 6.45) is 3.75. The molecule has 2 fully saturated rings. The Kier molecular flexibility index (Phi) is 5.30. The van der Waals surface area contributed by atoms with Crippen LogP contribution in [0.2, 0.25) is 0 Å². The third-order valence-corrected chi connectivity index (χ3v) is 7.01. The van der Waals surface area contributed by atoms with Gasteiger partial charge in [0.2, 0.25) is 0 Å². The fraction of sp³-hybridized carbons (Fsp3) is 0.440. The fourth-order valence-electron chi connectivity index (χ4n) is 5.00. The molecule has 4 aromatic rings. The van der Waals surface area contributed by atoms with E-state index in [-0.39, 0.29) is 6.04 Å². The van der Waals surface area contributed by atoms with Crippen molar-refractivity contribution in [2.75, 3.05) is 37.7 Å². The molecule has 9 heteroatoms. The van der Waals surface area contributed by atoms with Crippen LogP contribution >= 0.6 is 0 Å². The molecule has 2 saturated heterocycles. The molecule has 0 aromatic carbocycles. The van der Waals surface area contributed by atoms with Crippen LogP contribution in [0.25, 0.3) is 33.7 Å². The topological polar surface area (TPSA) is 96.8 Å². The molecule has 6 rings (SSSR count). The van der Waals surface area contributed by atoms with Crippen molar-refractivity contribution in [3.05, 3.63) is 42.0 Å². The molecule has 4 aromatic heterocycles. The molecule has 0 amide bonds. The van der Waals surface area contributed by atoms with Gasteiger partial charge < -0.3 is 19.9 Å². The van der Waals surface area contributed by atoms with Crippen LogP contribution in [-0.4, -0.2) is 68.6 Å². The maximum absolute atomic E-state index is 5.69. The lowest BCUT2D eigenvalue weighted by Crippen LogP contribution is -2.44. The van der Waals surface area contributed by atoms with E-state index >= 15 is 0 Å². The predicted molar refractivity (Wildman–Crippen MR) is 132 cm³/mol. The number of hydrogen-bond acceptors (Lipinski definition) is 7. The van der Waals surface area contributed by atoms with E-state index in [1.54, 1.807) is 0 Å². The average molecular weight is 459 g/mol. The Bertz CT molecular complexity index is 1340. The molecule has 2 N–H and O–H groups in total. The van der Waals surface area contributed by atoms with Crippen molar-refractivity contribution in [1.82, 2.24) is 35.0 Å². The first-order valence-corrected chi connectivity index (χ1v) is 12.0. The first kappa shape index (κ1) is 21.2. The second kappa shape index (κ2) is 8.48. The number of morpholine rings is 1. The monoisotopic (exact) mass is 458 g/mol. The third kappa shape index (κ3) is 3.65. The molecule has 2 aliphatic heterocycles. The summed E-state index contributed by atoms with van der Waals surface area (Å²) in [6, 6.07) is 6.42. The third-order valence-electron chi connectivity index (χ3n) is 7.01. The number of nitrogens with zero attached hydrogens (tertiary/aromatic N) is 6. The summed E-state index contributed by atoms with van der Waals surface area (Å²) in [6.45, 7) is 11.6. The second-order valence-corrected chi connectivity index (χ2v) is 9.40. The van der Waals surface area contributed by atoms with E-state index in [4.69, 9.17) is 19.8 Å². The smallest absolute Gasteiger partial charge is 0.165 e. The van der Waals surface area contributed by atoms with Gasteiger partial charge in [0.05, 0.1) is 36.2 Å². The van der Waals surface area contributed by atoms with E-state index in [2.05, 4.69) is 57.8 Å². The number of anilines is 1. The Labute approximate surface area is 198 Å². The van der Waals surface area contributed by atoms with Crippen LogP contribution in [0, 0.1) is 19.8 Å². The maximum Gasteiger partial charge on any atom is 0.165 e. The Balaban J connectivity index is 1.50. The van der Waals surface area contributed by atoms with Crippen molar-refractivity contribution >= 4 is 16.9 Å². The molecule has 9 nitrogen and oxygen atoms in total. The van der Waals surface area contributed by atoms with Crippen molar-refractivity contribution in [3.63, 3.8) is 0 Å². The minimum atomic E-state index is 0.241. The van der Waals surface area contributed by atoms with Gasteiger partial charge in [-0.05, 0) is 32.9 Å². The van der Waals surface area contributed by atoms with E-state index in [0.29, 0.717) is 19.1 Å². The number of fused-ring (bicyclic) bond motifs is 1. The van der Waals surface area contributed by atoms with Gasteiger partial charge in [0.1, 0.15) is 11.5 Å². The van der Waals surface area contributed by atoms with E-state index in [1.165, 1.54) is 0 Å². The molecule has 2 aliphatic rings. The molecular weight excluding hydrogens is 428 g/mol. The van der Waals surface area contributed by atoms with Crippen LogP contribution in [0.15, 0.2) is 30.6 Å². The number of hydrogen-bond donors (Lipinski definition) is 2. The number of ether oxygens (including phenoxy) is 1. The molecule has 0 bridgehead atoms. The van der Waals surface area contributed by atoms with Crippen molar-refractivity contribution in [3.8, 4) is 22.6 Å². The number of H-pyrrole nitrogens is 1. The highest BCUT2D eigenvalue weighted by molar-refractivity contribution is 5.92. The van der Waals surface area contributed by atoms with Crippen molar-refractivity contribution in [1.29, 1.82) is 0 Å². The quantitative estimate of drug-likeness (QED) is 0.475. The summed E-state index contributed by atoms with van der Waals surface area (Å²) in [5, 5.41) is 9.27. The van der Waals surface area contributed by atoms with Crippen LogP contribution in [0.3, 0.4) is 0 Å². The van der Waals surface area contributed by atoms with E-state index < -0.39 is 0 Å². The van der Waals surface area contributed by atoms with Gasteiger partial charge in [-0.25, -0.2) is 15.0 Å². The van der Waals surface area contributed by atoms with Crippen LogP contribution in [0.4, 0.5) is 5.82 Å².